The molecule has 0 aromatic heterocycles. The number of aliphatic hydroxyl groups is 1. The molecule has 0 bridgehead atoms. The van der Waals surface area contributed by atoms with Crippen LogP contribution in [0, 0.1) is 18.7 Å². The molecule has 1 unspecified atom stereocenters. The van der Waals surface area contributed by atoms with Gasteiger partial charge in [0.2, 0.25) is 0 Å². The summed E-state index contributed by atoms with van der Waals surface area (Å²) in [7, 11) is 0. The second-order valence-corrected chi connectivity index (χ2v) is 8.10. The lowest BCUT2D eigenvalue weighted by Gasteiger charge is -2.34. The molecule has 0 saturated carbocycles. The van der Waals surface area contributed by atoms with Crippen molar-refractivity contribution in [3.8, 4) is 0 Å². The first-order valence-corrected chi connectivity index (χ1v) is 10.3. The summed E-state index contributed by atoms with van der Waals surface area (Å²) >= 11 is 6.24. The SMILES string of the molecule is Cc1c(Cl)cccc1N1C(=O)C(c2ccc(F)cc2)=C(N2CCCC(CO)C2)C1=O. The van der Waals surface area contributed by atoms with E-state index in [2.05, 4.69) is 0 Å². The number of likely N-dealkylation sites (tertiary alicyclic amines) is 1. The molecule has 2 amide bonds. The van der Waals surface area contributed by atoms with Crippen LogP contribution >= 0.6 is 11.6 Å². The highest BCUT2D eigenvalue weighted by Gasteiger charge is 2.43. The molecule has 2 aliphatic heterocycles. The number of nitrogens with zero attached hydrogens (tertiary/aromatic N) is 2. The van der Waals surface area contributed by atoms with Gasteiger partial charge in [-0.05, 0) is 61.1 Å². The first kappa shape index (κ1) is 20.6. The van der Waals surface area contributed by atoms with Gasteiger partial charge in [0.05, 0.1) is 11.3 Å². The molecule has 0 spiro atoms. The molecular weight excluding hydrogens is 407 g/mol. The second-order valence-electron chi connectivity index (χ2n) is 7.70. The highest BCUT2D eigenvalue weighted by molar-refractivity contribution is 6.46. The van der Waals surface area contributed by atoms with Gasteiger partial charge in [-0.15, -0.1) is 0 Å². The number of imide groups is 1. The number of halogens is 2. The van der Waals surface area contributed by atoms with Gasteiger partial charge < -0.3 is 10.0 Å². The average molecular weight is 429 g/mol. The number of carbonyl (C=O) groups excluding carboxylic acids is 2. The molecule has 5 nitrogen and oxygen atoms in total. The molecule has 2 aromatic carbocycles. The molecule has 1 fully saturated rings. The average Bonchev–Trinajstić information content (AvgIpc) is 3.01. The molecule has 4 rings (SSSR count). The highest BCUT2D eigenvalue weighted by Crippen LogP contribution is 2.38. The van der Waals surface area contributed by atoms with E-state index in [1.54, 1.807) is 25.1 Å². The van der Waals surface area contributed by atoms with Crippen LogP contribution in [-0.2, 0) is 9.59 Å². The topological polar surface area (TPSA) is 60.9 Å². The van der Waals surface area contributed by atoms with Gasteiger partial charge in [-0.25, -0.2) is 9.29 Å². The molecule has 2 aromatic rings. The van der Waals surface area contributed by atoms with E-state index in [4.69, 9.17) is 11.6 Å². The highest BCUT2D eigenvalue weighted by atomic mass is 35.5. The fraction of sp³-hybridized carbons (Fsp3) is 0.304. The largest absolute Gasteiger partial charge is 0.396 e. The Bertz CT molecular complexity index is 1040. The molecule has 1 saturated heterocycles. The Morgan fingerprint density at radius 3 is 2.57 bits per heavy atom. The van der Waals surface area contributed by atoms with Crippen LogP contribution in [0.1, 0.15) is 24.0 Å². The van der Waals surface area contributed by atoms with Crippen LogP contribution < -0.4 is 4.90 Å². The Balaban J connectivity index is 1.84. The number of carbonyl (C=O) groups is 2. The predicted molar refractivity (Wildman–Crippen MR) is 113 cm³/mol. The monoisotopic (exact) mass is 428 g/mol. The van der Waals surface area contributed by atoms with Crippen molar-refractivity contribution in [2.24, 2.45) is 5.92 Å². The van der Waals surface area contributed by atoms with Crippen LogP contribution in [0.5, 0.6) is 0 Å². The number of anilines is 1. The van der Waals surface area contributed by atoms with E-state index < -0.39 is 17.6 Å². The Hall–Kier alpha value is -2.70. The first-order chi connectivity index (χ1) is 14.4. The summed E-state index contributed by atoms with van der Waals surface area (Å²) in [5.74, 6) is -1.27. The molecule has 30 heavy (non-hydrogen) atoms. The van der Waals surface area contributed by atoms with Crippen LogP contribution in [0.25, 0.3) is 5.57 Å². The Labute approximate surface area is 179 Å². The first-order valence-electron chi connectivity index (χ1n) is 9.92. The summed E-state index contributed by atoms with van der Waals surface area (Å²) < 4.78 is 13.5. The fourth-order valence-corrected chi connectivity index (χ4v) is 4.33. The minimum absolute atomic E-state index is 0.0227. The maximum atomic E-state index is 13.6. The van der Waals surface area contributed by atoms with Crippen molar-refractivity contribution in [2.45, 2.75) is 19.8 Å². The number of amides is 2. The zero-order chi connectivity index (χ0) is 21.4. The van der Waals surface area contributed by atoms with E-state index in [1.165, 1.54) is 24.3 Å². The van der Waals surface area contributed by atoms with E-state index in [1.807, 2.05) is 4.90 Å². The third kappa shape index (κ3) is 3.50. The van der Waals surface area contributed by atoms with Crippen LogP contribution in [0.2, 0.25) is 5.02 Å². The molecule has 0 aliphatic carbocycles. The summed E-state index contributed by atoms with van der Waals surface area (Å²) in [6, 6.07) is 10.7. The van der Waals surface area contributed by atoms with Gasteiger partial charge in [-0.1, -0.05) is 29.8 Å². The molecule has 1 N–H and O–H groups in total. The van der Waals surface area contributed by atoms with Gasteiger partial charge in [0.25, 0.3) is 11.8 Å². The van der Waals surface area contributed by atoms with E-state index in [0.29, 0.717) is 40.6 Å². The smallest absolute Gasteiger partial charge is 0.282 e. The molecule has 2 heterocycles. The third-order valence-electron chi connectivity index (χ3n) is 5.77. The van der Waals surface area contributed by atoms with Crippen molar-refractivity contribution >= 4 is 34.7 Å². The number of piperidine rings is 1. The van der Waals surface area contributed by atoms with E-state index in [-0.39, 0.29) is 18.1 Å². The van der Waals surface area contributed by atoms with Crippen molar-refractivity contribution in [3.63, 3.8) is 0 Å². The van der Waals surface area contributed by atoms with Gasteiger partial charge in [0.15, 0.2) is 0 Å². The van der Waals surface area contributed by atoms with Crippen molar-refractivity contribution in [2.75, 3.05) is 24.6 Å². The number of benzene rings is 2. The summed E-state index contributed by atoms with van der Waals surface area (Å²) in [5.41, 5.74) is 2.09. The van der Waals surface area contributed by atoms with E-state index in [9.17, 15) is 19.1 Å². The van der Waals surface area contributed by atoms with Crippen molar-refractivity contribution in [3.05, 3.63) is 70.1 Å². The van der Waals surface area contributed by atoms with Crippen molar-refractivity contribution in [1.29, 1.82) is 0 Å². The number of hydrogen-bond acceptors (Lipinski definition) is 4. The summed E-state index contributed by atoms with van der Waals surface area (Å²) in [6.45, 7) is 2.88. The van der Waals surface area contributed by atoms with E-state index in [0.717, 1.165) is 17.7 Å². The minimum atomic E-state index is -0.460. The Morgan fingerprint density at radius 1 is 1.13 bits per heavy atom. The minimum Gasteiger partial charge on any atom is -0.396 e. The second kappa shape index (κ2) is 8.20. The quantitative estimate of drug-likeness (QED) is 0.753. The van der Waals surface area contributed by atoms with Crippen LogP contribution in [0.4, 0.5) is 10.1 Å². The standard InChI is InChI=1S/C23H22ClFN2O3/c1-14-18(24)5-2-6-19(14)27-22(29)20(16-7-9-17(25)10-8-16)21(23(27)30)26-11-3-4-15(12-26)13-28/h2,5-10,15,28H,3-4,11-13H2,1H3. The van der Waals surface area contributed by atoms with Gasteiger partial charge >= 0.3 is 0 Å². The van der Waals surface area contributed by atoms with Gasteiger partial charge in [-0.3, -0.25) is 9.59 Å². The molecular formula is C23H22ClFN2O3. The predicted octanol–water partition coefficient (Wildman–Crippen LogP) is 3.78. The lowest BCUT2D eigenvalue weighted by atomic mass is 9.97. The maximum absolute atomic E-state index is 13.6. The summed E-state index contributed by atoms with van der Waals surface area (Å²) in [6.07, 6.45) is 1.68. The summed E-state index contributed by atoms with van der Waals surface area (Å²) in [4.78, 5) is 30.1. The normalized spacial score (nSPS) is 19.8. The van der Waals surface area contributed by atoms with Gasteiger partial charge in [-0.2, -0.15) is 0 Å². The molecule has 156 valence electrons. The van der Waals surface area contributed by atoms with Crippen molar-refractivity contribution in [1.82, 2.24) is 4.90 Å². The van der Waals surface area contributed by atoms with Crippen LogP contribution in [-0.4, -0.2) is 41.5 Å². The van der Waals surface area contributed by atoms with Crippen LogP contribution in [0.3, 0.4) is 0 Å². The van der Waals surface area contributed by atoms with Gasteiger partial charge in [0.1, 0.15) is 11.5 Å². The number of hydrogen-bond donors (Lipinski definition) is 1. The lowest BCUT2D eigenvalue weighted by molar-refractivity contribution is -0.120. The zero-order valence-corrected chi connectivity index (χ0v) is 17.3. The fourth-order valence-electron chi connectivity index (χ4n) is 4.16. The Morgan fingerprint density at radius 2 is 1.87 bits per heavy atom. The number of rotatable bonds is 4. The third-order valence-corrected chi connectivity index (χ3v) is 6.18. The van der Waals surface area contributed by atoms with Crippen molar-refractivity contribution < 1.29 is 19.1 Å². The zero-order valence-electron chi connectivity index (χ0n) is 16.6. The lowest BCUT2D eigenvalue weighted by Crippen LogP contribution is -2.40. The maximum Gasteiger partial charge on any atom is 0.282 e. The molecule has 2 aliphatic rings. The summed E-state index contributed by atoms with van der Waals surface area (Å²) in [5, 5.41) is 10.1. The Kier molecular flexibility index (Phi) is 5.62. The molecule has 7 heteroatoms. The van der Waals surface area contributed by atoms with E-state index >= 15 is 0 Å². The van der Waals surface area contributed by atoms with Crippen LogP contribution in [0.15, 0.2) is 48.2 Å². The molecule has 1 atom stereocenters. The molecule has 0 radical (unpaired) electrons. The number of aliphatic hydroxyl groups excluding tert-OH is 1. The van der Waals surface area contributed by atoms with Gasteiger partial charge in [0, 0.05) is 24.7 Å².